The first-order chi connectivity index (χ1) is 6.68. The van der Waals surface area contributed by atoms with E-state index in [1.165, 1.54) is 6.42 Å². The molecule has 0 aromatic carbocycles. The summed E-state index contributed by atoms with van der Waals surface area (Å²) in [7, 11) is 0. The highest BCUT2D eigenvalue weighted by Gasteiger charge is 2.29. The first-order valence-corrected chi connectivity index (χ1v) is 5.78. The van der Waals surface area contributed by atoms with Gasteiger partial charge in [-0.1, -0.05) is 0 Å². The molecule has 76 valence electrons. The third kappa shape index (κ3) is 1.66. The van der Waals surface area contributed by atoms with Gasteiger partial charge in [0.1, 0.15) is 0 Å². The molecule has 1 aliphatic rings. The van der Waals surface area contributed by atoms with Gasteiger partial charge in [-0.15, -0.1) is 11.3 Å². The lowest BCUT2D eigenvalue weighted by Crippen LogP contribution is -2.43. The molecule has 0 atom stereocenters. The van der Waals surface area contributed by atoms with Gasteiger partial charge >= 0.3 is 0 Å². The van der Waals surface area contributed by atoms with Crippen LogP contribution in [0.4, 0.5) is 5.13 Å². The molecule has 14 heavy (non-hydrogen) atoms. The summed E-state index contributed by atoms with van der Waals surface area (Å²) >= 11 is 1.56. The normalized spacial score (nSPS) is 16.4. The molecule has 0 radical (unpaired) electrons. The van der Waals surface area contributed by atoms with Gasteiger partial charge in [0.15, 0.2) is 5.13 Å². The predicted molar refractivity (Wildman–Crippen MR) is 57.7 cm³/mol. The summed E-state index contributed by atoms with van der Waals surface area (Å²) in [4.78, 5) is 17.7. The third-order valence-electron chi connectivity index (χ3n) is 2.59. The van der Waals surface area contributed by atoms with Gasteiger partial charge in [0.25, 0.3) is 0 Å². The number of rotatable bonds is 2. The molecule has 1 amide bonds. The van der Waals surface area contributed by atoms with Crippen molar-refractivity contribution in [2.24, 2.45) is 0 Å². The lowest BCUT2D eigenvalue weighted by Gasteiger charge is -2.35. The number of anilines is 1. The van der Waals surface area contributed by atoms with Gasteiger partial charge in [-0.05, 0) is 26.2 Å². The topological polar surface area (TPSA) is 33.2 Å². The molecule has 1 saturated carbocycles. The summed E-state index contributed by atoms with van der Waals surface area (Å²) in [5.74, 6) is 0.115. The van der Waals surface area contributed by atoms with Gasteiger partial charge in [0.2, 0.25) is 5.91 Å². The van der Waals surface area contributed by atoms with Gasteiger partial charge < -0.3 is 0 Å². The number of hydrogen-bond acceptors (Lipinski definition) is 3. The monoisotopic (exact) mass is 210 g/mol. The summed E-state index contributed by atoms with van der Waals surface area (Å²) in [5.41, 5.74) is 0.996. The minimum absolute atomic E-state index is 0.115. The fraction of sp³-hybridized carbons (Fsp3) is 0.600. The number of nitrogens with zero attached hydrogens (tertiary/aromatic N) is 2. The van der Waals surface area contributed by atoms with E-state index in [4.69, 9.17) is 0 Å². The maximum Gasteiger partial charge on any atom is 0.225 e. The first-order valence-electron chi connectivity index (χ1n) is 4.90. The molecule has 2 rings (SSSR count). The summed E-state index contributed by atoms with van der Waals surface area (Å²) < 4.78 is 0. The van der Waals surface area contributed by atoms with Crippen molar-refractivity contribution in [1.82, 2.24) is 4.98 Å². The van der Waals surface area contributed by atoms with Crippen LogP contribution in [0.1, 0.15) is 31.9 Å². The zero-order valence-electron chi connectivity index (χ0n) is 8.49. The number of hydrogen-bond donors (Lipinski definition) is 0. The van der Waals surface area contributed by atoms with E-state index in [2.05, 4.69) is 4.98 Å². The number of amides is 1. The highest BCUT2D eigenvalue weighted by atomic mass is 32.1. The van der Waals surface area contributed by atoms with Crippen LogP contribution in [-0.2, 0) is 4.79 Å². The van der Waals surface area contributed by atoms with E-state index in [0.717, 1.165) is 23.7 Å². The van der Waals surface area contributed by atoms with Crippen molar-refractivity contribution in [1.29, 1.82) is 0 Å². The maximum atomic E-state index is 11.5. The molecular formula is C10H14N2OS. The van der Waals surface area contributed by atoms with Gasteiger partial charge in [-0.2, -0.15) is 0 Å². The summed E-state index contributed by atoms with van der Waals surface area (Å²) in [6.45, 7) is 3.58. The van der Waals surface area contributed by atoms with E-state index < -0.39 is 0 Å². The minimum Gasteiger partial charge on any atom is -0.285 e. The molecular weight excluding hydrogens is 196 g/mol. The summed E-state index contributed by atoms with van der Waals surface area (Å²) in [6, 6.07) is 0.401. The molecule has 0 N–H and O–H groups in total. The fourth-order valence-corrected chi connectivity index (χ4v) is 2.56. The van der Waals surface area contributed by atoms with Crippen molar-refractivity contribution < 1.29 is 4.79 Å². The van der Waals surface area contributed by atoms with E-state index in [9.17, 15) is 4.79 Å². The van der Waals surface area contributed by atoms with Crippen LogP contribution in [0.3, 0.4) is 0 Å². The maximum absolute atomic E-state index is 11.5. The Kier molecular flexibility index (Phi) is 2.54. The second-order valence-corrected chi connectivity index (χ2v) is 4.58. The van der Waals surface area contributed by atoms with Crippen molar-refractivity contribution in [3.05, 3.63) is 11.1 Å². The van der Waals surface area contributed by atoms with Crippen LogP contribution in [0.25, 0.3) is 0 Å². The van der Waals surface area contributed by atoms with E-state index in [-0.39, 0.29) is 5.91 Å². The minimum atomic E-state index is 0.115. The Bertz CT molecular complexity index is 344. The van der Waals surface area contributed by atoms with Crippen molar-refractivity contribution in [2.45, 2.75) is 39.2 Å². The average Bonchev–Trinajstić information content (AvgIpc) is 2.42. The molecule has 0 aliphatic heterocycles. The molecule has 1 fully saturated rings. The van der Waals surface area contributed by atoms with Crippen LogP contribution in [-0.4, -0.2) is 16.9 Å². The Morgan fingerprint density at radius 1 is 1.64 bits per heavy atom. The second kappa shape index (κ2) is 3.69. The van der Waals surface area contributed by atoms with Gasteiger partial charge in [-0.25, -0.2) is 4.98 Å². The average molecular weight is 210 g/mol. The molecule has 0 spiro atoms. The number of thiazole rings is 1. The third-order valence-corrected chi connectivity index (χ3v) is 3.55. The number of aromatic nitrogens is 1. The van der Waals surface area contributed by atoms with Crippen LogP contribution in [0.2, 0.25) is 0 Å². The second-order valence-electron chi connectivity index (χ2n) is 3.75. The highest BCUT2D eigenvalue weighted by Crippen LogP contribution is 2.31. The lowest BCUT2D eigenvalue weighted by atomic mass is 9.92. The molecule has 0 bridgehead atoms. The van der Waals surface area contributed by atoms with Crippen LogP contribution in [0.5, 0.6) is 0 Å². The Hall–Kier alpha value is -0.900. The molecule has 1 aromatic heterocycles. The lowest BCUT2D eigenvalue weighted by molar-refractivity contribution is -0.117. The Morgan fingerprint density at radius 3 is 2.71 bits per heavy atom. The van der Waals surface area contributed by atoms with E-state index in [1.807, 2.05) is 17.2 Å². The zero-order valence-corrected chi connectivity index (χ0v) is 9.30. The van der Waals surface area contributed by atoms with E-state index in [1.54, 1.807) is 18.3 Å². The molecule has 4 heteroatoms. The van der Waals surface area contributed by atoms with E-state index in [0.29, 0.717) is 6.04 Å². The molecule has 1 aliphatic carbocycles. The largest absolute Gasteiger partial charge is 0.285 e. The smallest absolute Gasteiger partial charge is 0.225 e. The van der Waals surface area contributed by atoms with Crippen molar-refractivity contribution in [2.75, 3.05) is 4.90 Å². The first kappa shape index (κ1) is 9.65. The summed E-state index contributed by atoms with van der Waals surface area (Å²) in [5, 5.41) is 2.85. The van der Waals surface area contributed by atoms with Crippen molar-refractivity contribution in [3.8, 4) is 0 Å². The predicted octanol–water partition coefficient (Wildman–Crippen LogP) is 2.36. The summed E-state index contributed by atoms with van der Waals surface area (Å²) in [6.07, 6.45) is 3.48. The fourth-order valence-electron chi connectivity index (χ4n) is 1.65. The highest BCUT2D eigenvalue weighted by molar-refractivity contribution is 7.14. The molecule has 1 aromatic rings. The molecule has 1 heterocycles. The van der Waals surface area contributed by atoms with Crippen LogP contribution in [0, 0.1) is 6.92 Å². The molecule has 3 nitrogen and oxygen atoms in total. The van der Waals surface area contributed by atoms with E-state index >= 15 is 0 Å². The Labute approximate surface area is 87.8 Å². The molecule has 0 unspecified atom stereocenters. The van der Waals surface area contributed by atoms with Crippen molar-refractivity contribution >= 4 is 22.4 Å². The standard InChI is InChI=1S/C10H14N2OS/c1-7-6-14-10(11-7)12(8(2)13)9-4-3-5-9/h6,9H,3-5H2,1-2H3. The number of carbonyl (C=O) groups is 1. The molecule has 0 saturated heterocycles. The quantitative estimate of drug-likeness (QED) is 0.750. The van der Waals surface area contributed by atoms with Crippen LogP contribution < -0.4 is 4.90 Å². The van der Waals surface area contributed by atoms with Crippen LogP contribution in [0.15, 0.2) is 5.38 Å². The zero-order chi connectivity index (χ0) is 10.1. The van der Waals surface area contributed by atoms with Crippen molar-refractivity contribution in [3.63, 3.8) is 0 Å². The number of carbonyl (C=O) groups excluding carboxylic acids is 1. The SMILES string of the molecule is CC(=O)N(c1nc(C)cs1)C1CCC1. The van der Waals surface area contributed by atoms with Crippen LogP contribution >= 0.6 is 11.3 Å². The Morgan fingerprint density at radius 2 is 2.36 bits per heavy atom. The van der Waals surface area contributed by atoms with Gasteiger partial charge in [0.05, 0.1) is 5.69 Å². The van der Waals surface area contributed by atoms with Gasteiger partial charge in [0, 0.05) is 18.3 Å². The van der Waals surface area contributed by atoms with Gasteiger partial charge in [-0.3, -0.25) is 9.69 Å². The number of aryl methyl sites for hydroxylation is 1. The Balaban J connectivity index is 2.21.